The number of halogens is 1. The van der Waals surface area contributed by atoms with Gasteiger partial charge in [-0.15, -0.1) is 5.10 Å². The molecule has 0 aliphatic rings. The molecule has 3 aromatic rings. The van der Waals surface area contributed by atoms with E-state index in [9.17, 15) is 4.79 Å². The maximum atomic E-state index is 12.4. The average molecular weight is 357 g/mol. The minimum absolute atomic E-state index is 0.222. The van der Waals surface area contributed by atoms with Crippen molar-refractivity contribution in [1.82, 2.24) is 15.0 Å². The first-order valence-corrected chi connectivity index (χ1v) is 8.15. The van der Waals surface area contributed by atoms with Crippen molar-refractivity contribution < 1.29 is 9.53 Å². The molecule has 0 unspecified atom stereocenters. The number of hydrogen-bond acceptors (Lipinski definition) is 4. The Morgan fingerprint density at radius 1 is 1.28 bits per heavy atom. The molecule has 0 spiro atoms. The number of anilines is 1. The molecule has 0 saturated carbocycles. The molecule has 0 fully saturated rings. The number of carbonyl (C=O) groups excluding carboxylic acids is 1. The van der Waals surface area contributed by atoms with Gasteiger partial charge in [0, 0.05) is 11.8 Å². The maximum Gasteiger partial charge on any atom is 0.277 e. The van der Waals surface area contributed by atoms with E-state index in [1.54, 1.807) is 24.4 Å². The Hall–Kier alpha value is -2.86. The smallest absolute Gasteiger partial charge is 0.277 e. The minimum Gasteiger partial charge on any atom is -0.495 e. The van der Waals surface area contributed by atoms with Crippen molar-refractivity contribution in [1.29, 1.82) is 0 Å². The number of nitrogens with zero attached hydrogens (tertiary/aromatic N) is 3. The van der Waals surface area contributed by atoms with Crippen LogP contribution in [0.3, 0.4) is 0 Å². The molecule has 1 heterocycles. The van der Waals surface area contributed by atoms with Crippen LogP contribution in [0.5, 0.6) is 5.75 Å². The number of hydrogen-bond donors (Lipinski definition) is 1. The molecule has 25 heavy (non-hydrogen) atoms. The van der Waals surface area contributed by atoms with Crippen molar-refractivity contribution in [3.05, 3.63) is 64.9 Å². The number of carbonyl (C=O) groups is 1. The Balaban J connectivity index is 1.82. The summed E-state index contributed by atoms with van der Waals surface area (Å²) in [5.41, 5.74) is 2.75. The SMILES string of the molecule is CCc1ccccc1NC(=O)c1cn(-c2ccc(Cl)c(OC)c2)nn1. The van der Waals surface area contributed by atoms with Gasteiger partial charge < -0.3 is 10.1 Å². The predicted octanol–water partition coefficient (Wildman–Crippen LogP) is 3.74. The Kier molecular flexibility index (Phi) is 5.00. The molecule has 0 aliphatic carbocycles. The van der Waals surface area contributed by atoms with E-state index < -0.39 is 0 Å². The standard InChI is InChI=1S/C18H17ClN4O2/c1-3-12-6-4-5-7-15(12)20-18(24)16-11-23(22-21-16)13-8-9-14(19)17(10-13)25-2/h4-11H,3H2,1-2H3,(H,20,24). The Bertz CT molecular complexity index is 908. The van der Waals surface area contributed by atoms with Gasteiger partial charge in [-0.1, -0.05) is 41.9 Å². The second-order valence-corrected chi connectivity index (χ2v) is 5.74. The van der Waals surface area contributed by atoms with Crippen LogP contribution in [0.2, 0.25) is 5.02 Å². The Morgan fingerprint density at radius 3 is 2.84 bits per heavy atom. The number of para-hydroxylation sites is 1. The summed E-state index contributed by atoms with van der Waals surface area (Å²) in [6, 6.07) is 12.9. The third-order valence-electron chi connectivity index (χ3n) is 3.77. The summed E-state index contributed by atoms with van der Waals surface area (Å²) in [5.74, 6) is 0.214. The molecule has 1 aromatic heterocycles. The van der Waals surface area contributed by atoms with Crippen LogP contribution in [0.1, 0.15) is 23.0 Å². The molecule has 6 nitrogen and oxygen atoms in total. The molecule has 128 valence electrons. The number of rotatable bonds is 5. The zero-order valence-electron chi connectivity index (χ0n) is 13.9. The van der Waals surface area contributed by atoms with Crippen LogP contribution in [0.15, 0.2) is 48.7 Å². The molecule has 2 aromatic carbocycles. The van der Waals surface area contributed by atoms with Gasteiger partial charge in [-0.3, -0.25) is 4.79 Å². The molecule has 3 rings (SSSR count). The number of ether oxygens (including phenoxy) is 1. The van der Waals surface area contributed by atoms with E-state index in [-0.39, 0.29) is 11.6 Å². The van der Waals surface area contributed by atoms with Crippen LogP contribution in [0.25, 0.3) is 5.69 Å². The van der Waals surface area contributed by atoms with Crippen molar-refractivity contribution in [2.75, 3.05) is 12.4 Å². The number of amides is 1. The fraction of sp³-hybridized carbons (Fsp3) is 0.167. The number of benzene rings is 2. The lowest BCUT2D eigenvalue weighted by molar-refractivity contribution is 0.102. The Morgan fingerprint density at radius 2 is 2.08 bits per heavy atom. The van der Waals surface area contributed by atoms with Gasteiger partial charge in [0.05, 0.1) is 24.0 Å². The van der Waals surface area contributed by atoms with Crippen molar-refractivity contribution in [2.45, 2.75) is 13.3 Å². The largest absolute Gasteiger partial charge is 0.495 e. The zero-order chi connectivity index (χ0) is 17.8. The van der Waals surface area contributed by atoms with Gasteiger partial charge in [-0.2, -0.15) is 0 Å². The highest BCUT2D eigenvalue weighted by Crippen LogP contribution is 2.26. The monoisotopic (exact) mass is 356 g/mol. The van der Waals surface area contributed by atoms with E-state index in [0.29, 0.717) is 16.5 Å². The van der Waals surface area contributed by atoms with E-state index in [4.69, 9.17) is 16.3 Å². The molecule has 0 bridgehead atoms. The molecule has 7 heteroatoms. The Labute approximate surface area is 150 Å². The van der Waals surface area contributed by atoms with Crippen LogP contribution in [0, 0.1) is 0 Å². The van der Waals surface area contributed by atoms with Gasteiger partial charge >= 0.3 is 0 Å². The number of aryl methyl sites for hydroxylation is 1. The van der Waals surface area contributed by atoms with E-state index in [1.165, 1.54) is 11.8 Å². The lowest BCUT2D eigenvalue weighted by Crippen LogP contribution is -2.13. The normalized spacial score (nSPS) is 10.5. The highest BCUT2D eigenvalue weighted by atomic mass is 35.5. The van der Waals surface area contributed by atoms with Gasteiger partial charge in [0.1, 0.15) is 5.75 Å². The van der Waals surface area contributed by atoms with E-state index >= 15 is 0 Å². The summed E-state index contributed by atoms with van der Waals surface area (Å²) in [4.78, 5) is 12.4. The topological polar surface area (TPSA) is 69.0 Å². The second kappa shape index (κ2) is 7.36. The summed E-state index contributed by atoms with van der Waals surface area (Å²) in [6.07, 6.45) is 2.39. The summed E-state index contributed by atoms with van der Waals surface area (Å²) >= 11 is 6.02. The first-order valence-electron chi connectivity index (χ1n) is 7.78. The van der Waals surface area contributed by atoms with E-state index in [2.05, 4.69) is 15.6 Å². The van der Waals surface area contributed by atoms with E-state index in [1.807, 2.05) is 31.2 Å². The third kappa shape index (κ3) is 3.64. The predicted molar refractivity (Wildman–Crippen MR) is 96.7 cm³/mol. The molecule has 1 amide bonds. The van der Waals surface area contributed by atoms with Crippen molar-refractivity contribution in [3.8, 4) is 11.4 Å². The summed E-state index contributed by atoms with van der Waals surface area (Å²) in [6.45, 7) is 2.04. The quantitative estimate of drug-likeness (QED) is 0.756. The van der Waals surface area contributed by atoms with Crippen molar-refractivity contribution in [2.24, 2.45) is 0 Å². The zero-order valence-corrected chi connectivity index (χ0v) is 14.6. The maximum absolute atomic E-state index is 12.4. The summed E-state index contributed by atoms with van der Waals surface area (Å²) in [7, 11) is 1.54. The fourth-order valence-electron chi connectivity index (χ4n) is 2.42. The molecule has 0 atom stereocenters. The van der Waals surface area contributed by atoms with Gasteiger partial charge in [-0.25, -0.2) is 4.68 Å². The van der Waals surface area contributed by atoms with Crippen LogP contribution in [-0.4, -0.2) is 28.0 Å². The number of aromatic nitrogens is 3. The second-order valence-electron chi connectivity index (χ2n) is 5.33. The first-order chi connectivity index (χ1) is 12.1. The molecular weight excluding hydrogens is 340 g/mol. The summed E-state index contributed by atoms with van der Waals surface area (Å²) in [5, 5.41) is 11.3. The minimum atomic E-state index is -0.312. The molecule has 0 saturated heterocycles. The van der Waals surface area contributed by atoms with Gasteiger partial charge in [0.25, 0.3) is 5.91 Å². The van der Waals surface area contributed by atoms with Gasteiger partial charge in [0.15, 0.2) is 5.69 Å². The van der Waals surface area contributed by atoms with Crippen LogP contribution in [0.4, 0.5) is 5.69 Å². The number of methoxy groups -OCH3 is 1. The van der Waals surface area contributed by atoms with Crippen molar-refractivity contribution >= 4 is 23.2 Å². The molecule has 0 radical (unpaired) electrons. The average Bonchev–Trinajstić information content (AvgIpc) is 3.13. The van der Waals surface area contributed by atoms with E-state index in [0.717, 1.165) is 17.7 Å². The fourth-order valence-corrected chi connectivity index (χ4v) is 2.62. The first kappa shape index (κ1) is 17.0. The molecular formula is C18H17ClN4O2. The lowest BCUT2D eigenvalue weighted by atomic mass is 10.1. The van der Waals surface area contributed by atoms with Gasteiger partial charge in [-0.05, 0) is 30.2 Å². The summed E-state index contributed by atoms with van der Waals surface area (Å²) < 4.78 is 6.69. The van der Waals surface area contributed by atoms with Crippen LogP contribution in [-0.2, 0) is 6.42 Å². The van der Waals surface area contributed by atoms with Crippen LogP contribution < -0.4 is 10.1 Å². The lowest BCUT2D eigenvalue weighted by Gasteiger charge is -2.08. The molecule has 1 N–H and O–H groups in total. The van der Waals surface area contributed by atoms with Gasteiger partial charge in [0.2, 0.25) is 0 Å². The van der Waals surface area contributed by atoms with Crippen LogP contribution >= 0.6 is 11.6 Å². The third-order valence-corrected chi connectivity index (χ3v) is 4.08. The van der Waals surface area contributed by atoms with Crippen molar-refractivity contribution in [3.63, 3.8) is 0 Å². The highest BCUT2D eigenvalue weighted by Gasteiger charge is 2.14. The molecule has 0 aliphatic heterocycles. The number of nitrogens with one attached hydrogen (secondary N) is 1. The highest BCUT2D eigenvalue weighted by molar-refractivity contribution is 6.32.